The molecule has 0 spiro atoms. The van der Waals surface area contributed by atoms with Gasteiger partial charge in [-0.15, -0.1) is 0 Å². The van der Waals surface area contributed by atoms with Crippen LogP contribution in [0.4, 0.5) is 10.2 Å². The highest BCUT2D eigenvalue weighted by Gasteiger charge is 2.26. The summed E-state index contributed by atoms with van der Waals surface area (Å²) in [5, 5.41) is 25.5. The van der Waals surface area contributed by atoms with Crippen molar-refractivity contribution in [3.63, 3.8) is 0 Å². The van der Waals surface area contributed by atoms with Crippen LogP contribution in [0.25, 0.3) is 16.9 Å². The van der Waals surface area contributed by atoms with Gasteiger partial charge in [0.1, 0.15) is 13.2 Å². The number of hydrogen-bond donors (Lipinski definition) is 3. The Kier molecular flexibility index (Phi) is 6.23. The number of aromatic nitrogens is 4. The third-order valence-electron chi connectivity index (χ3n) is 5.07. The van der Waals surface area contributed by atoms with Crippen LogP contribution >= 0.6 is 0 Å². The first kappa shape index (κ1) is 20.9. The minimum absolute atomic E-state index is 0.0588. The van der Waals surface area contributed by atoms with E-state index in [2.05, 4.69) is 20.4 Å². The molecule has 1 aliphatic rings. The average molecular weight is 430 g/mol. The van der Waals surface area contributed by atoms with Crippen LogP contribution in [0, 0.1) is 5.82 Å². The highest BCUT2D eigenvalue weighted by atomic mass is 19.1. The molecule has 0 aliphatic carbocycles. The number of aliphatic hydroxyl groups is 2. The Morgan fingerprint density at radius 2 is 2.19 bits per heavy atom. The van der Waals surface area contributed by atoms with Crippen molar-refractivity contribution in [2.24, 2.45) is 0 Å². The van der Waals surface area contributed by atoms with Crippen LogP contribution < -0.4 is 10.1 Å². The molecule has 3 aromatic rings. The van der Waals surface area contributed by atoms with Crippen LogP contribution in [0.15, 0.2) is 30.6 Å². The Balaban J connectivity index is 1.68. The first-order chi connectivity index (χ1) is 15.1. The number of carbonyl (C=O) groups excluding carboxylic acids is 1. The number of hydrogen-bond acceptors (Lipinski definition) is 8. The molecule has 4 heterocycles. The zero-order valence-electron chi connectivity index (χ0n) is 16.7. The number of anilines is 1. The molecule has 164 valence electrons. The van der Waals surface area contributed by atoms with Gasteiger partial charge in [-0.1, -0.05) is 6.07 Å². The lowest BCUT2D eigenvalue weighted by Gasteiger charge is -2.33. The standard InChI is InChI=1S/C20H23FN6O4/c21-17-19(23-13-4-3-6-26(11-13)16(30)12-29)24-18(25-20(17)31-9-8-28)14-10-22-27-7-2-1-5-15(14)27/h1-2,5,7,10,13,28-29H,3-4,6,8-9,11-12H2,(H,23,24,25)/t13-/m1/s1. The predicted molar refractivity (Wildman–Crippen MR) is 109 cm³/mol. The Morgan fingerprint density at radius 1 is 1.32 bits per heavy atom. The molecule has 0 unspecified atom stereocenters. The van der Waals surface area contributed by atoms with Gasteiger partial charge in [0.25, 0.3) is 5.88 Å². The van der Waals surface area contributed by atoms with Crippen molar-refractivity contribution in [2.45, 2.75) is 18.9 Å². The number of halogens is 1. The number of carbonyl (C=O) groups is 1. The Morgan fingerprint density at radius 3 is 3.00 bits per heavy atom. The minimum Gasteiger partial charge on any atom is -0.473 e. The third kappa shape index (κ3) is 4.42. The summed E-state index contributed by atoms with van der Waals surface area (Å²) in [5.41, 5.74) is 1.34. The summed E-state index contributed by atoms with van der Waals surface area (Å²) in [6, 6.07) is 5.27. The van der Waals surface area contributed by atoms with Gasteiger partial charge in [-0.3, -0.25) is 4.79 Å². The van der Waals surface area contributed by atoms with Gasteiger partial charge >= 0.3 is 0 Å². The maximum Gasteiger partial charge on any atom is 0.256 e. The van der Waals surface area contributed by atoms with E-state index in [0.717, 1.165) is 5.52 Å². The molecule has 0 bridgehead atoms. The quantitative estimate of drug-likeness (QED) is 0.500. The zero-order valence-corrected chi connectivity index (χ0v) is 16.7. The van der Waals surface area contributed by atoms with Gasteiger partial charge in [-0.05, 0) is 25.0 Å². The van der Waals surface area contributed by atoms with Crippen LogP contribution in [0.1, 0.15) is 12.8 Å². The second kappa shape index (κ2) is 9.23. The zero-order chi connectivity index (χ0) is 21.8. The molecule has 1 atom stereocenters. The predicted octanol–water partition coefficient (Wildman–Crippen LogP) is 0.697. The van der Waals surface area contributed by atoms with Crippen molar-refractivity contribution in [3.05, 3.63) is 36.4 Å². The van der Waals surface area contributed by atoms with Crippen LogP contribution in [0.2, 0.25) is 0 Å². The molecule has 1 fully saturated rings. The summed E-state index contributed by atoms with van der Waals surface area (Å²) in [6.07, 6.45) is 4.78. The number of fused-ring (bicyclic) bond motifs is 1. The van der Waals surface area contributed by atoms with Gasteiger partial charge in [0.2, 0.25) is 11.7 Å². The number of rotatable bonds is 7. The number of amides is 1. The van der Waals surface area contributed by atoms with E-state index in [-0.39, 0.29) is 42.7 Å². The molecule has 0 radical (unpaired) electrons. The number of nitrogens with one attached hydrogen (secondary N) is 1. The van der Waals surface area contributed by atoms with Gasteiger partial charge < -0.3 is 25.2 Å². The molecule has 0 saturated carbocycles. The molecule has 1 amide bonds. The van der Waals surface area contributed by atoms with E-state index in [1.54, 1.807) is 16.9 Å². The molecule has 11 heteroatoms. The van der Waals surface area contributed by atoms with Gasteiger partial charge in [-0.25, -0.2) is 9.50 Å². The fraction of sp³-hybridized carbons (Fsp3) is 0.400. The smallest absolute Gasteiger partial charge is 0.256 e. The van der Waals surface area contributed by atoms with E-state index in [1.807, 2.05) is 18.2 Å². The van der Waals surface area contributed by atoms with Crippen LogP contribution in [0.3, 0.4) is 0 Å². The number of aliphatic hydroxyl groups excluding tert-OH is 2. The van der Waals surface area contributed by atoms with Gasteiger partial charge in [0.15, 0.2) is 11.6 Å². The Hall–Kier alpha value is -3.31. The van der Waals surface area contributed by atoms with E-state index in [0.29, 0.717) is 31.5 Å². The molecule has 0 aromatic carbocycles. The monoisotopic (exact) mass is 430 g/mol. The van der Waals surface area contributed by atoms with E-state index < -0.39 is 12.4 Å². The van der Waals surface area contributed by atoms with Crippen LogP contribution in [-0.2, 0) is 4.79 Å². The fourth-order valence-electron chi connectivity index (χ4n) is 3.60. The number of likely N-dealkylation sites (tertiary alicyclic amines) is 1. The second-order valence-electron chi connectivity index (χ2n) is 7.16. The molecular formula is C20H23FN6O4. The third-order valence-corrected chi connectivity index (χ3v) is 5.07. The summed E-state index contributed by atoms with van der Waals surface area (Å²) in [4.78, 5) is 21.9. The van der Waals surface area contributed by atoms with Crippen molar-refractivity contribution in [3.8, 4) is 17.3 Å². The maximum absolute atomic E-state index is 15.1. The summed E-state index contributed by atoms with van der Waals surface area (Å²) in [7, 11) is 0. The van der Waals surface area contributed by atoms with Crippen molar-refractivity contribution in [2.75, 3.05) is 38.2 Å². The first-order valence-electron chi connectivity index (χ1n) is 9.99. The highest BCUT2D eigenvalue weighted by Crippen LogP contribution is 2.29. The van der Waals surface area contributed by atoms with Crippen LogP contribution in [-0.4, -0.2) is 79.6 Å². The lowest BCUT2D eigenvalue weighted by molar-refractivity contribution is -0.135. The summed E-state index contributed by atoms with van der Waals surface area (Å²) >= 11 is 0. The van der Waals surface area contributed by atoms with Gasteiger partial charge in [-0.2, -0.15) is 14.5 Å². The van der Waals surface area contributed by atoms with Gasteiger partial charge in [0, 0.05) is 25.3 Å². The first-order valence-corrected chi connectivity index (χ1v) is 9.99. The van der Waals surface area contributed by atoms with E-state index in [1.165, 1.54) is 4.90 Å². The van der Waals surface area contributed by atoms with E-state index in [9.17, 15) is 4.79 Å². The van der Waals surface area contributed by atoms with Crippen molar-refractivity contribution < 1.29 is 24.1 Å². The molecule has 3 aromatic heterocycles. The Bertz CT molecular complexity index is 1080. The summed E-state index contributed by atoms with van der Waals surface area (Å²) < 4.78 is 22.0. The number of nitrogens with zero attached hydrogens (tertiary/aromatic N) is 5. The number of piperidine rings is 1. The molecule has 4 rings (SSSR count). The SMILES string of the molecule is O=C(CO)N1CCC[C@@H](Nc2nc(-c3cnn4ccccc34)nc(OCCO)c2F)C1. The molecule has 3 N–H and O–H groups in total. The normalized spacial score (nSPS) is 16.5. The lowest BCUT2D eigenvalue weighted by atomic mass is 10.1. The summed E-state index contributed by atoms with van der Waals surface area (Å²) in [6.45, 7) is -0.112. The highest BCUT2D eigenvalue weighted by molar-refractivity contribution is 5.77. The van der Waals surface area contributed by atoms with Crippen LogP contribution in [0.5, 0.6) is 5.88 Å². The second-order valence-corrected chi connectivity index (χ2v) is 7.16. The fourth-order valence-corrected chi connectivity index (χ4v) is 3.60. The largest absolute Gasteiger partial charge is 0.473 e. The maximum atomic E-state index is 15.1. The molecular weight excluding hydrogens is 407 g/mol. The van der Waals surface area contributed by atoms with Crippen molar-refractivity contribution in [1.29, 1.82) is 0 Å². The molecule has 1 saturated heterocycles. The average Bonchev–Trinajstić information content (AvgIpc) is 3.23. The molecule has 1 aliphatic heterocycles. The topological polar surface area (TPSA) is 125 Å². The Labute approximate surface area is 177 Å². The molecule has 31 heavy (non-hydrogen) atoms. The van der Waals surface area contributed by atoms with E-state index in [4.69, 9.17) is 14.9 Å². The molecule has 10 nitrogen and oxygen atoms in total. The number of pyridine rings is 1. The lowest BCUT2D eigenvalue weighted by Crippen LogP contribution is -2.46. The van der Waals surface area contributed by atoms with Crippen molar-refractivity contribution in [1.82, 2.24) is 24.5 Å². The summed E-state index contributed by atoms with van der Waals surface area (Å²) in [5.74, 6) is -1.27. The minimum atomic E-state index is -0.778. The van der Waals surface area contributed by atoms with Crippen molar-refractivity contribution >= 4 is 17.2 Å². The van der Waals surface area contributed by atoms with E-state index >= 15 is 4.39 Å². The number of ether oxygens (including phenoxy) is 1. The van der Waals surface area contributed by atoms with Gasteiger partial charge in [0.05, 0.1) is 23.9 Å².